The molecule has 1 atom stereocenters. The number of fused-ring (bicyclic) bond motifs is 1. The maximum atomic E-state index is 12.6. The lowest BCUT2D eigenvalue weighted by Gasteiger charge is -2.11. The smallest absolute Gasteiger partial charge is 0.246 e. The quantitative estimate of drug-likeness (QED) is 0.407. The third kappa shape index (κ3) is 4.19. The summed E-state index contributed by atoms with van der Waals surface area (Å²) in [5.74, 6) is 0.0697. The fourth-order valence-corrected chi connectivity index (χ4v) is 3.30. The summed E-state index contributed by atoms with van der Waals surface area (Å²) < 4.78 is 5.86. The summed E-state index contributed by atoms with van der Waals surface area (Å²) in [6.07, 6.45) is 0. The van der Waals surface area contributed by atoms with Gasteiger partial charge in [-0.15, -0.1) is 11.6 Å². The van der Waals surface area contributed by atoms with Gasteiger partial charge in [-0.2, -0.15) is 0 Å². The Labute approximate surface area is 176 Å². The van der Waals surface area contributed by atoms with E-state index >= 15 is 0 Å². The first-order valence-electron chi connectivity index (χ1n) is 8.85. The molecule has 0 aliphatic carbocycles. The molecule has 4 aromatic rings. The van der Waals surface area contributed by atoms with Crippen molar-refractivity contribution in [3.8, 4) is 11.3 Å². The highest BCUT2D eigenvalue weighted by molar-refractivity contribution is 6.32. The monoisotopic (exact) mass is 423 g/mol. The molecule has 0 aliphatic rings. The van der Waals surface area contributed by atoms with Crippen molar-refractivity contribution in [1.29, 1.82) is 0 Å². The Kier molecular flexibility index (Phi) is 5.38. The topological polar surface area (TPSA) is 59.3 Å². The van der Waals surface area contributed by atoms with Crippen molar-refractivity contribution >= 4 is 45.8 Å². The molecule has 1 amide bonds. The number of alkyl halides is 1. The van der Waals surface area contributed by atoms with Crippen molar-refractivity contribution in [3.63, 3.8) is 0 Å². The number of amides is 1. The highest BCUT2D eigenvalue weighted by Crippen LogP contribution is 2.26. The highest BCUT2D eigenvalue weighted by Gasteiger charge is 2.18. The summed E-state index contributed by atoms with van der Waals surface area (Å²) in [4.78, 5) is 25.1. The maximum absolute atomic E-state index is 12.6. The molecule has 1 heterocycles. The Hall–Kier alpha value is -3.08. The first kappa shape index (κ1) is 19.2. The van der Waals surface area contributed by atoms with Crippen molar-refractivity contribution in [2.45, 2.75) is 5.38 Å². The van der Waals surface area contributed by atoms with Gasteiger partial charge in [0.15, 0.2) is 5.43 Å². The molecular formula is C23H15Cl2NO3. The van der Waals surface area contributed by atoms with Crippen LogP contribution in [-0.2, 0) is 4.79 Å². The summed E-state index contributed by atoms with van der Waals surface area (Å²) in [6.45, 7) is 0. The van der Waals surface area contributed by atoms with E-state index in [1.54, 1.807) is 54.6 Å². The molecule has 0 fully saturated rings. The van der Waals surface area contributed by atoms with Crippen molar-refractivity contribution in [1.82, 2.24) is 0 Å². The van der Waals surface area contributed by atoms with E-state index < -0.39 is 5.38 Å². The molecule has 29 heavy (non-hydrogen) atoms. The average molecular weight is 424 g/mol. The molecular weight excluding hydrogens is 409 g/mol. The highest BCUT2D eigenvalue weighted by atomic mass is 35.5. The SMILES string of the molecule is O=C(Nc1ccc2oc(-c3ccc(Cl)cc3)cc(=O)c2c1)C(Cl)c1ccccc1. The van der Waals surface area contributed by atoms with E-state index in [0.29, 0.717) is 33.0 Å². The van der Waals surface area contributed by atoms with Crippen LogP contribution in [0, 0.1) is 0 Å². The van der Waals surface area contributed by atoms with Gasteiger partial charge in [0.2, 0.25) is 5.91 Å². The van der Waals surface area contributed by atoms with Crippen LogP contribution >= 0.6 is 23.2 Å². The normalized spacial score (nSPS) is 11.9. The van der Waals surface area contributed by atoms with E-state index in [0.717, 1.165) is 5.56 Å². The van der Waals surface area contributed by atoms with Gasteiger partial charge in [0.1, 0.15) is 16.7 Å². The lowest BCUT2D eigenvalue weighted by molar-refractivity contribution is -0.116. The largest absolute Gasteiger partial charge is 0.456 e. The third-order valence-electron chi connectivity index (χ3n) is 4.45. The average Bonchev–Trinajstić information content (AvgIpc) is 2.74. The van der Waals surface area contributed by atoms with Gasteiger partial charge in [-0.25, -0.2) is 0 Å². The number of carbonyl (C=O) groups is 1. The van der Waals surface area contributed by atoms with Crippen molar-refractivity contribution in [3.05, 3.63) is 99.7 Å². The number of hydrogen-bond acceptors (Lipinski definition) is 3. The van der Waals surface area contributed by atoms with E-state index in [-0.39, 0.29) is 11.3 Å². The first-order valence-corrected chi connectivity index (χ1v) is 9.66. The molecule has 1 unspecified atom stereocenters. The van der Waals surface area contributed by atoms with E-state index in [2.05, 4.69) is 5.32 Å². The number of anilines is 1. The Bertz CT molecular complexity index is 1230. The van der Waals surface area contributed by atoms with Crippen LogP contribution in [0.15, 0.2) is 88.1 Å². The van der Waals surface area contributed by atoms with Gasteiger partial charge in [0.05, 0.1) is 5.39 Å². The second-order valence-electron chi connectivity index (χ2n) is 6.46. The summed E-state index contributed by atoms with van der Waals surface area (Å²) in [5.41, 5.74) is 2.12. The van der Waals surface area contributed by atoms with E-state index in [4.69, 9.17) is 27.6 Å². The number of hydrogen-bond donors (Lipinski definition) is 1. The second-order valence-corrected chi connectivity index (χ2v) is 7.33. The van der Waals surface area contributed by atoms with Gasteiger partial charge in [-0.1, -0.05) is 41.9 Å². The van der Waals surface area contributed by atoms with E-state index in [1.165, 1.54) is 6.07 Å². The fraction of sp³-hybridized carbons (Fsp3) is 0.0435. The summed E-state index contributed by atoms with van der Waals surface area (Å²) in [5, 5.41) is 2.88. The number of rotatable bonds is 4. The fourth-order valence-electron chi connectivity index (χ4n) is 2.97. The molecule has 0 radical (unpaired) electrons. The second kappa shape index (κ2) is 8.11. The van der Waals surface area contributed by atoms with E-state index in [9.17, 15) is 9.59 Å². The van der Waals surface area contributed by atoms with Crippen LogP contribution in [0.3, 0.4) is 0 Å². The number of halogens is 2. The molecule has 3 aromatic carbocycles. The molecule has 1 N–H and O–H groups in total. The molecule has 4 rings (SSSR count). The molecule has 0 saturated carbocycles. The molecule has 0 saturated heterocycles. The zero-order valence-electron chi connectivity index (χ0n) is 15.1. The van der Waals surface area contributed by atoms with Crippen LogP contribution in [0.1, 0.15) is 10.9 Å². The number of carbonyl (C=O) groups excluding carboxylic acids is 1. The molecule has 144 valence electrons. The molecule has 1 aromatic heterocycles. The van der Waals surface area contributed by atoms with Crippen LogP contribution in [0.25, 0.3) is 22.3 Å². The van der Waals surface area contributed by atoms with Crippen molar-refractivity contribution in [2.24, 2.45) is 0 Å². The molecule has 0 bridgehead atoms. The van der Waals surface area contributed by atoms with Crippen molar-refractivity contribution in [2.75, 3.05) is 5.32 Å². The zero-order chi connectivity index (χ0) is 20.4. The molecule has 0 spiro atoms. The minimum absolute atomic E-state index is 0.210. The minimum Gasteiger partial charge on any atom is -0.456 e. The van der Waals surface area contributed by atoms with Gasteiger partial charge in [0.25, 0.3) is 0 Å². The maximum Gasteiger partial charge on any atom is 0.246 e. The van der Waals surface area contributed by atoms with Crippen LogP contribution in [0.5, 0.6) is 0 Å². The molecule has 6 heteroatoms. The van der Waals surface area contributed by atoms with Crippen LogP contribution < -0.4 is 10.7 Å². The molecule has 4 nitrogen and oxygen atoms in total. The Morgan fingerprint density at radius 2 is 1.66 bits per heavy atom. The predicted molar refractivity (Wildman–Crippen MR) is 117 cm³/mol. The van der Waals surface area contributed by atoms with Gasteiger partial charge in [0, 0.05) is 22.3 Å². The number of nitrogens with one attached hydrogen (secondary N) is 1. The van der Waals surface area contributed by atoms with Gasteiger partial charge in [-0.05, 0) is 48.0 Å². The van der Waals surface area contributed by atoms with Gasteiger partial charge >= 0.3 is 0 Å². The first-order chi connectivity index (χ1) is 14.0. The summed E-state index contributed by atoms with van der Waals surface area (Å²) in [7, 11) is 0. The lowest BCUT2D eigenvalue weighted by atomic mass is 10.1. The molecule has 0 aliphatic heterocycles. The standard InChI is InChI=1S/C23H15Cl2NO3/c24-16-8-6-14(7-9-16)21-13-19(27)18-12-17(10-11-20(18)29-21)26-23(28)22(25)15-4-2-1-3-5-15/h1-13,22H,(H,26,28). The Morgan fingerprint density at radius 3 is 2.38 bits per heavy atom. The van der Waals surface area contributed by atoms with Gasteiger partial charge < -0.3 is 9.73 Å². The van der Waals surface area contributed by atoms with E-state index in [1.807, 2.05) is 18.2 Å². The van der Waals surface area contributed by atoms with Gasteiger partial charge in [-0.3, -0.25) is 9.59 Å². The Balaban J connectivity index is 1.62. The zero-order valence-corrected chi connectivity index (χ0v) is 16.6. The van der Waals surface area contributed by atoms with Crippen LogP contribution in [0.4, 0.5) is 5.69 Å². The minimum atomic E-state index is -0.837. The third-order valence-corrected chi connectivity index (χ3v) is 5.15. The Morgan fingerprint density at radius 1 is 0.931 bits per heavy atom. The van der Waals surface area contributed by atoms with Crippen LogP contribution in [0.2, 0.25) is 5.02 Å². The summed E-state index contributed by atoms with van der Waals surface area (Å²) >= 11 is 12.2. The van der Waals surface area contributed by atoms with Crippen molar-refractivity contribution < 1.29 is 9.21 Å². The van der Waals surface area contributed by atoms with Crippen LogP contribution in [-0.4, -0.2) is 5.91 Å². The predicted octanol–water partition coefficient (Wildman–Crippen LogP) is 6.03. The lowest BCUT2D eigenvalue weighted by Crippen LogP contribution is -2.17. The number of benzene rings is 3. The summed E-state index contributed by atoms with van der Waals surface area (Å²) in [6, 6.07) is 22.4.